The molecule has 6 nitrogen and oxygen atoms in total. The molecule has 2 N–H and O–H groups in total. The normalized spacial score (nSPS) is 20.1. The van der Waals surface area contributed by atoms with Crippen LogP contribution in [0.5, 0.6) is 0 Å². The van der Waals surface area contributed by atoms with Crippen LogP contribution in [0.3, 0.4) is 0 Å². The molecule has 4 rings (SSSR count). The molecule has 138 valence electrons. The van der Waals surface area contributed by atoms with Crippen molar-refractivity contribution in [3.63, 3.8) is 0 Å². The van der Waals surface area contributed by atoms with E-state index in [1.54, 1.807) is 16.8 Å². The van der Waals surface area contributed by atoms with Crippen molar-refractivity contribution in [1.82, 2.24) is 15.1 Å². The Morgan fingerprint density at radius 1 is 1.31 bits per heavy atom. The van der Waals surface area contributed by atoms with Gasteiger partial charge in [-0.05, 0) is 49.3 Å². The summed E-state index contributed by atoms with van der Waals surface area (Å²) in [4.78, 5) is 14.5. The van der Waals surface area contributed by atoms with E-state index in [-0.39, 0.29) is 17.9 Å². The van der Waals surface area contributed by atoms with Gasteiger partial charge in [0.25, 0.3) is 0 Å². The lowest BCUT2D eigenvalue weighted by molar-refractivity contribution is 0.246. The standard InChI is InChI=1S/C19H24FN5O/c1-24-12-16(10-21-24)25-8-2-3-15(11-25)23-19(26)22-14-6-7-17(13-4-5-13)18(20)9-14/h6-7,9-10,12-13,15H,2-5,8,11H2,1H3,(H2,22,23,26)/t15-/m0/s1. The van der Waals surface area contributed by atoms with E-state index >= 15 is 0 Å². The minimum atomic E-state index is -0.290. The van der Waals surface area contributed by atoms with E-state index in [1.165, 1.54) is 6.07 Å². The smallest absolute Gasteiger partial charge is 0.319 e. The maximum Gasteiger partial charge on any atom is 0.319 e. The number of aryl methyl sites for hydroxylation is 1. The zero-order valence-corrected chi connectivity index (χ0v) is 14.9. The fourth-order valence-corrected chi connectivity index (χ4v) is 3.58. The molecule has 0 bridgehead atoms. The molecule has 26 heavy (non-hydrogen) atoms. The van der Waals surface area contributed by atoms with Crippen molar-refractivity contribution in [1.29, 1.82) is 0 Å². The number of rotatable bonds is 4. The number of hydrogen-bond acceptors (Lipinski definition) is 3. The highest BCUT2D eigenvalue weighted by Crippen LogP contribution is 2.41. The number of nitrogens with one attached hydrogen (secondary N) is 2. The van der Waals surface area contributed by atoms with Crippen molar-refractivity contribution in [3.05, 3.63) is 42.0 Å². The molecule has 7 heteroatoms. The van der Waals surface area contributed by atoms with Crippen LogP contribution in [0.1, 0.15) is 37.2 Å². The highest BCUT2D eigenvalue weighted by molar-refractivity contribution is 5.89. The van der Waals surface area contributed by atoms with Crippen LogP contribution < -0.4 is 15.5 Å². The molecule has 1 aromatic carbocycles. The fraction of sp³-hybridized carbons (Fsp3) is 0.474. The lowest BCUT2D eigenvalue weighted by atomic mass is 10.1. The molecule has 2 fully saturated rings. The maximum absolute atomic E-state index is 14.1. The highest BCUT2D eigenvalue weighted by atomic mass is 19.1. The molecule has 0 unspecified atom stereocenters. The Morgan fingerprint density at radius 3 is 2.85 bits per heavy atom. The minimum Gasteiger partial charge on any atom is -0.367 e. The summed E-state index contributed by atoms with van der Waals surface area (Å²) in [6.07, 6.45) is 7.86. The van der Waals surface area contributed by atoms with Gasteiger partial charge in [-0.2, -0.15) is 5.10 Å². The Morgan fingerprint density at radius 2 is 2.15 bits per heavy atom. The summed E-state index contributed by atoms with van der Waals surface area (Å²) in [5.74, 6) is 0.129. The third kappa shape index (κ3) is 3.81. The summed E-state index contributed by atoms with van der Waals surface area (Å²) in [7, 11) is 1.89. The molecule has 1 aromatic heterocycles. The van der Waals surface area contributed by atoms with Crippen LogP contribution in [0.15, 0.2) is 30.6 Å². The first-order valence-electron chi connectivity index (χ1n) is 9.19. The quantitative estimate of drug-likeness (QED) is 0.883. The topological polar surface area (TPSA) is 62.2 Å². The Hall–Kier alpha value is -2.57. The summed E-state index contributed by atoms with van der Waals surface area (Å²) >= 11 is 0. The molecule has 2 aromatic rings. The third-order valence-electron chi connectivity index (χ3n) is 5.09. The number of urea groups is 1. The third-order valence-corrected chi connectivity index (χ3v) is 5.09. The van der Waals surface area contributed by atoms with Crippen LogP contribution in [-0.4, -0.2) is 34.9 Å². The SMILES string of the molecule is Cn1cc(N2CCC[C@H](NC(=O)Nc3ccc(C4CC4)c(F)c3)C2)cn1. The number of benzene rings is 1. The van der Waals surface area contributed by atoms with Crippen LogP contribution in [-0.2, 0) is 7.05 Å². The van der Waals surface area contributed by atoms with E-state index in [0.29, 0.717) is 11.6 Å². The van der Waals surface area contributed by atoms with E-state index in [9.17, 15) is 9.18 Å². The van der Waals surface area contributed by atoms with Crippen molar-refractivity contribution in [2.75, 3.05) is 23.3 Å². The molecule has 2 heterocycles. The molecule has 2 amide bonds. The van der Waals surface area contributed by atoms with Gasteiger partial charge in [-0.3, -0.25) is 4.68 Å². The summed E-state index contributed by atoms with van der Waals surface area (Å²) in [6.45, 7) is 1.70. The lowest BCUT2D eigenvalue weighted by Crippen LogP contribution is -2.49. The zero-order chi connectivity index (χ0) is 18.1. The van der Waals surface area contributed by atoms with Gasteiger partial charge in [-0.15, -0.1) is 0 Å². The minimum absolute atomic E-state index is 0.0551. The van der Waals surface area contributed by atoms with Crippen LogP contribution >= 0.6 is 0 Å². The van der Waals surface area contributed by atoms with Crippen molar-refractivity contribution < 1.29 is 9.18 Å². The molecular formula is C19H24FN5O. The molecule has 1 aliphatic heterocycles. The molecule has 1 atom stereocenters. The average Bonchev–Trinajstić information content (AvgIpc) is 3.35. The Bertz CT molecular complexity index is 801. The molecular weight excluding hydrogens is 333 g/mol. The largest absolute Gasteiger partial charge is 0.367 e. The molecule has 0 radical (unpaired) electrons. The fourth-order valence-electron chi connectivity index (χ4n) is 3.58. The maximum atomic E-state index is 14.1. The Labute approximate surface area is 152 Å². The van der Waals surface area contributed by atoms with Crippen LogP contribution in [0, 0.1) is 5.82 Å². The van der Waals surface area contributed by atoms with Crippen LogP contribution in [0.2, 0.25) is 0 Å². The number of halogens is 1. The van der Waals surface area contributed by atoms with Crippen LogP contribution in [0.4, 0.5) is 20.6 Å². The van der Waals surface area contributed by atoms with Gasteiger partial charge in [0.15, 0.2) is 0 Å². The number of hydrogen-bond donors (Lipinski definition) is 2. The van der Waals surface area contributed by atoms with Gasteiger partial charge in [0.1, 0.15) is 5.82 Å². The molecule has 1 saturated carbocycles. The summed E-state index contributed by atoms with van der Waals surface area (Å²) in [5.41, 5.74) is 2.32. The van der Waals surface area contributed by atoms with E-state index in [0.717, 1.165) is 50.0 Å². The summed E-state index contributed by atoms with van der Waals surface area (Å²) in [5, 5.41) is 9.96. The second kappa shape index (κ2) is 6.97. The number of carbonyl (C=O) groups excluding carboxylic acids is 1. The monoisotopic (exact) mass is 357 g/mol. The number of carbonyl (C=O) groups is 1. The van der Waals surface area contributed by atoms with Crippen LogP contribution in [0.25, 0.3) is 0 Å². The predicted molar refractivity (Wildman–Crippen MR) is 99.0 cm³/mol. The van der Waals surface area contributed by atoms with E-state index < -0.39 is 0 Å². The number of nitrogens with zero attached hydrogens (tertiary/aromatic N) is 3. The number of piperidine rings is 1. The predicted octanol–water partition coefficient (Wildman–Crippen LogP) is 3.23. The molecule has 1 aliphatic carbocycles. The van der Waals surface area contributed by atoms with Gasteiger partial charge in [0, 0.05) is 38.1 Å². The first kappa shape index (κ1) is 16.9. The van der Waals surface area contributed by atoms with Crippen molar-refractivity contribution in [3.8, 4) is 0 Å². The first-order valence-corrected chi connectivity index (χ1v) is 9.19. The number of amides is 2. The van der Waals surface area contributed by atoms with Gasteiger partial charge >= 0.3 is 6.03 Å². The van der Waals surface area contributed by atoms with Gasteiger partial charge in [0.05, 0.1) is 11.9 Å². The first-order chi connectivity index (χ1) is 12.6. The highest BCUT2D eigenvalue weighted by Gasteiger charge is 2.27. The van der Waals surface area contributed by atoms with E-state index in [2.05, 4.69) is 20.6 Å². The lowest BCUT2D eigenvalue weighted by Gasteiger charge is -2.33. The van der Waals surface area contributed by atoms with Crippen molar-refractivity contribution in [2.24, 2.45) is 7.05 Å². The summed E-state index contributed by atoms with van der Waals surface area (Å²) < 4.78 is 15.9. The molecule has 0 spiro atoms. The summed E-state index contributed by atoms with van der Waals surface area (Å²) in [6, 6.07) is 4.74. The zero-order valence-electron chi connectivity index (χ0n) is 14.9. The van der Waals surface area contributed by atoms with Gasteiger partial charge in [-0.1, -0.05) is 6.07 Å². The van der Waals surface area contributed by atoms with Gasteiger partial charge in [0.2, 0.25) is 0 Å². The Balaban J connectivity index is 1.33. The van der Waals surface area contributed by atoms with E-state index in [4.69, 9.17) is 0 Å². The van der Waals surface area contributed by atoms with Gasteiger partial charge in [-0.25, -0.2) is 9.18 Å². The van der Waals surface area contributed by atoms with Gasteiger partial charge < -0.3 is 15.5 Å². The number of aromatic nitrogens is 2. The van der Waals surface area contributed by atoms with Crippen molar-refractivity contribution >= 4 is 17.4 Å². The van der Waals surface area contributed by atoms with E-state index in [1.807, 2.05) is 19.4 Å². The molecule has 1 saturated heterocycles. The number of anilines is 2. The molecule has 2 aliphatic rings. The second-order valence-corrected chi connectivity index (χ2v) is 7.27. The van der Waals surface area contributed by atoms with Crippen molar-refractivity contribution in [2.45, 2.75) is 37.6 Å². The Kier molecular flexibility index (Phi) is 4.53. The second-order valence-electron chi connectivity index (χ2n) is 7.27. The average molecular weight is 357 g/mol.